The van der Waals surface area contributed by atoms with Crippen molar-refractivity contribution in [3.05, 3.63) is 0 Å². The van der Waals surface area contributed by atoms with Crippen LogP contribution in [-0.4, -0.2) is 46.9 Å². The Labute approximate surface area is 119 Å². The summed E-state index contributed by atoms with van der Waals surface area (Å²) in [5.74, 6) is -0.997. The number of nitrogens with one attached hydrogen (secondary N) is 1. The second-order valence-corrected chi connectivity index (χ2v) is 5.43. The molecule has 0 aromatic heterocycles. The van der Waals surface area contributed by atoms with Crippen molar-refractivity contribution >= 4 is 17.8 Å². The number of nitrogens with zero attached hydrogens (tertiary/aromatic N) is 1. The molecule has 0 radical (unpaired) electrons. The fourth-order valence-corrected chi connectivity index (χ4v) is 2.59. The van der Waals surface area contributed by atoms with E-state index in [9.17, 15) is 14.4 Å². The molecule has 114 valence electrons. The van der Waals surface area contributed by atoms with E-state index in [0.717, 1.165) is 25.7 Å². The molecule has 2 unspecified atom stereocenters. The van der Waals surface area contributed by atoms with Crippen LogP contribution in [-0.2, 0) is 14.4 Å². The predicted octanol–water partition coefficient (Wildman–Crippen LogP) is 1.00. The Bertz CT molecular complexity index is 370. The van der Waals surface area contributed by atoms with Gasteiger partial charge in [0.2, 0.25) is 11.8 Å². The van der Waals surface area contributed by atoms with Gasteiger partial charge in [-0.1, -0.05) is 13.3 Å². The normalized spacial score (nSPS) is 21.8. The van der Waals surface area contributed by atoms with Crippen molar-refractivity contribution in [1.29, 1.82) is 0 Å². The van der Waals surface area contributed by atoms with Gasteiger partial charge in [-0.3, -0.25) is 9.59 Å². The van der Waals surface area contributed by atoms with Crippen LogP contribution in [0.1, 0.15) is 46.0 Å². The van der Waals surface area contributed by atoms with Gasteiger partial charge in [-0.25, -0.2) is 4.79 Å². The van der Waals surface area contributed by atoms with Crippen LogP contribution < -0.4 is 5.32 Å². The number of carbonyl (C=O) groups is 3. The smallest absolute Gasteiger partial charge is 0.326 e. The van der Waals surface area contributed by atoms with Crippen LogP contribution in [0.15, 0.2) is 0 Å². The van der Waals surface area contributed by atoms with Crippen LogP contribution in [0.4, 0.5) is 0 Å². The highest BCUT2D eigenvalue weighted by atomic mass is 16.4. The van der Waals surface area contributed by atoms with Crippen molar-refractivity contribution < 1.29 is 19.5 Å². The lowest BCUT2D eigenvalue weighted by Crippen LogP contribution is -2.42. The highest BCUT2D eigenvalue weighted by molar-refractivity contribution is 5.84. The van der Waals surface area contributed by atoms with E-state index < -0.39 is 12.0 Å². The maximum atomic E-state index is 12.0. The maximum absolute atomic E-state index is 12.0. The van der Waals surface area contributed by atoms with Crippen molar-refractivity contribution in [1.82, 2.24) is 10.2 Å². The van der Waals surface area contributed by atoms with E-state index in [2.05, 4.69) is 5.32 Å². The first-order chi connectivity index (χ1) is 9.43. The zero-order valence-electron chi connectivity index (χ0n) is 12.2. The second-order valence-electron chi connectivity index (χ2n) is 5.43. The molecule has 0 spiro atoms. The molecular formula is C14H24N2O4. The summed E-state index contributed by atoms with van der Waals surface area (Å²) in [4.78, 5) is 35.4. The Kier molecular flexibility index (Phi) is 6.48. The van der Waals surface area contributed by atoms with Gasteiger partial charge in [-0.05, 0) is 25.2 Å². The first-order valence-electron chi connectivity index (χ1n) is 7.20. The lowest BCUT2D eigenvalue weighted by atomic mass is 10.0. The molecule has 0 saturated carbocycles. The van der Waals surface area contributed by atoms with Gasteiger partial charge in [-0.2, -0.15) is 0 Å². The van der Waals surface area contributed by atoms with E-state index in [1.54, 1.807) is 0 Å². The van der Waals surface area contributed by atoms with Crippen molar-refractivity contribution in [2.45, 2.75) is 52.0 Å². The van der Waals surface area contributed by atoms with Crippen molar-refractivity contribution in [3.63, 3.8) is 0 Å². The van der Waals surface area contributed by atoms with E-state index >= 15 is 0 Å². The molecule has 6 heteroatoms. The molecule has 0 aromatic rings. The summed E-state index contributed by atoms with van der Waals surface area (Å²) in [6.45, 7) is 4.52. The molecule has 0 bridgehead atoms. The molecule has 2 N–H and O–H groups in total. The average Bonchev–Trinajstić information content (AvgIpc) is 2.75. The Morgan fingerprint density at radius 2 is 1.95 bits per heavy atom. The Hall–Kier alpha value is -1.59. The highest BCUT2D eigenvalue weighted by Crippen LogP contribution is 2.25. The van der Waals surface area contributed by atoms with E-state index in [1.165, 1.54) is 11.8 Å². The minimum Gasteiger partial charge on any atom is -0.480 e. The predicted molar refractivity (Wildman–Crippen MR) is 74.1 cm³/mol. The summed E-state index contributed by atoms with van der Waals surface area (Å²) in [7, 11) is 0. The molecule has 0 aliphatic carbocycles. The first kappa shape index (κ1) is 16.5. The SMILES string of the molecule is CC(=O)NCCCCCC(=O)N1CCC(C)C1C(=O)O. The lowest BCUT2D eigenvalue weighted by molar-refractivity contribution is -0.149. The maximum Gasteiger partial charge on any atom is 0.326 e. The number of rotatable bonds is 7. The van der Waals surface area contributed by atoms with Gasteiger partial charge in [0.15, 0.2) is 0 Å². The van der Waals surface area contributed by atoms with Crippen LogP contribution in [0, 0.1) is 5.92 Å². The number of carbonyl (C=O) groups excluding carboxylic acids is 2. The number of likely N-dealkylation sites (tertiary alicyclic amines) is 1. The number of carboxylic acids is 1. The summed E-state index contributed by atoms with van der Waals surface area (Å²) in [6.07, 6.45) is 3.57. The van der Waals surface area contributed by atoms with Gasteiger partial charge in [-0.15, -0.1) is 0 Å². The minimum absolute atomic E-state index is 0.0243. The highest BCUT2D eigenvalue weighted by Gasteiger charge is 2.38. The van der Waals surface area contributed by atoms with Gasteiger partial charge in [0.25, 0.3) is 0 Å². The van der Waals surface area contributed by atoms with Crippen molar-refractivity contribution in [2.24, 2.45) is 5.92 Å². The van der Waals surface area contributed by atoms with E-state index in [1.807, 2.05) is 6.92 Å². The molecule has 1 aliphatic rings. The van der Waals surface area contributed by atoms with Crippen LogP contribution in [0.5, 0.6) is 0 Å². The summed E-state index contributed by atoms with van der Waals surface area (Å²) in [5.41, 5.74) is 0. The minimum atomic E-state index is -0.908. The monoisotopic (exact) mass is 284 g/mol. The molecule has 1 heterocycles. The molecule has 20 heavy (non-hydrogen) atoms. The van der Waals surface area contributed by atoms with E-state index in [4.69, 9.17) is 5.11 Å². The standard InChI is InChI=1S/C14H24N2O4/c1-10-7-9-16(13(10)14(19)20)12(18)6-4-3-5-8-15-11(2)17/h10,13H,3-9H2,1-2H3,(H,15,17)(H,19,20). The molecule has 0 aromatic carbocycles. The third-order valence-electron chi connectivity index (χ3n) is 3.71. The van der Waals surface area contributed by atoms with Crippen LogP contribution in [0.2, 0.25) is 0 Å². The zero-order valence-corrected chi connectivity index (χ0v) is 12.2. The number of amides is 2. The largest absolute Gasteiger partial charge is 0.480 e. The Morgan fingerprint density at radius 3 is 2.55 bits per heavy atom. The summed E-state index contributed by atoms with van der Waals surface area (Å²) < 4.78 is 0. The molecular weight excluding hydrogens is 260 g/mol. The van der Waals surface area contributed by atoms with Crippen molar-refractivity contribution in [3.8, 4) is 0 Å². The van der Waals surface area contributed by atoms with Gasteiger partial charge >= 0.3 is 5.97 Å². The van der Waals surface area contributed by atoms with Crippen LogP contribution >= 0.6 is 0 Å². The van der Waals surface area contributed by atoms with E-state index in [-0.39, 0.29) is 17.7 Å². The summed E-state index contributed by atoms with van der Waals surface area (Å²) in [6, 6.07) is -0.665. The molecule has 1 aliphatic heterocycles. The van der Waals surface area contributed by atoms with E-state index in [0.29, 0.717) is 19.5 Å². The molecule has 2 amide bonds. The summed E-state index contributed by atoms with van der Waals surface area (Å²) in [5, 5.41) is 11.9. The first-order valence-corrected chi connectivity index (χ1v) is 7.20. The van der Waals surface area contributed by atoms with Crippen LogP contribution in [0.25, 0.3) is 0 Å². The molecule has 1 saturated heterocycles. The molecule has 1 fully saturated rings. The average molecular weight is 284 g/mol. The number of aliphatic carboxylic acids is 1. The van der Waals surface area contributed by atoms with Gasteiger partial charge in [0.05, 0.1) is 0 Å². The third-order valence-corrected chi connectivity index (χ3v) is 3.71. The Balaban J connectivity index is 2.25. The van der Waals surface area contributed by atoms with Gasteiger partial charge in [0, 0.05) is 26.4 Å². The van der Waals surface area contributed by atoms with Crippen molar-refractivity contribution in [2.75, 3.05) is 13.1 Å². The Morgan fingerprint density at radius 1 is 1.25 bits per heavy atom. The number of hydrogen-bond donors (Lipinski definition) is 2. The molecule has 1 rings (SSSR count). The molecule has 2 atom stereocenters. The number of unbranched alkanes of at least 4 members (excludes halogenated alkanes) is 2. The fourth-order valence-electron chi connectivity index (χ4n) is 2.59. The fraction of sp³-hybridized carbons (Fsp3) is 0.786. The quantitative estimate of drug-likeness (QED) is 0.683. The van der Waals surface area contributed by atoms with Crippen LogP contribution in [0.3, 0.4) is 0 Å². The van der Waals surface area contributed by atoms with Gasteiger partial charge in [0.1, 0.15) is 6.04 Å². The van der Waals surface area contributed by atoms with Gasteiger partial charge < -0.3 is 15.3 Å². The zero-order chi connectivity index (χ0) is 15.1. The lowest BCUT2D eigenvalue weighted by Gasteiger charge is -2.23. The third kappa shape index (κ3) is 4.83. The topological polar surface area (TPSA) is 86.7 Å². The molecule has 6 nitrogen and oxygen atoms in total. The number of carboxylic acid groups (broad SMARTS) is 1. The number of hydrogen-bond acceptors (Lipinski definition) is 3. The summed E-state index contributed by atoms with van der Waals surface area (Å²) >= 11 is 0. The second kappa shape index (κ2) is 7.87.